The molecule has 0 atom stereocenters. The molecule has 0 aliphatic carbocycles. The summed E-state index contributed by atoms with van der Waals surface area (Å²) in [7, 11) is 1.98. The molecule has 1 aliphatic heterocycles. The van der Waals surface area contributed by atoms with E-state index in [2.05, 4.69) is 46.0 Å². The Balaban J connectivity index is 2.24. The van der Waals surface area contributed by atoms with Crippen molar-refractivity contribution in [2.75, 3.05) is 55.1 Å². The van der Waals surface area contributed by atoms with Gasteiger partial charge in [-0.25, -0.2) is 5.84 Å². The summed E-state index contributed by atoms with van der Waals surface area (Å²) < 4.78 is 5.36. The van der Waals surface area contributed by atoms with Gasteiger partial charge in [-0.2, -0.15) is 15.0 Å². The Labute approximate surface area is 125 Å². The van der Waals surface area contributed by atoms with Crippen molar-refractivity contribution >= 4 is 17.8 Å². The minimum Gasteiger partial charge on any atom is -0.378 e. The molecule has 1 aliphatic rings. The maximum Gasteiger partial charge on any atom is 0.243 e. The van der Waals surface area contributed by atoms with E-state index in [1.165, 1.54) is 0 Å². The van der Waals surface area contributed by atoms with E-state index >= 15 is 0 Å². The van der Waals surface area contributed by atoms with Crippen molar-refractivity contribution in [1.29, 1.82) is 0 Å². The number of hydrogen-bond acceptors (Lipinski definition) is 8. The molecule has 0 radical (unpaired) electrons. The van der Waals surface area contributed by atoms with Crippen LogP contribution in [0.25, 0.3) is 0 Å². The Morgan fingerprint density at radius 1 is 1.24 bits per heavy atom. The Bertz CT molecular complexity index is 468. The van der Waals surface area contributed by atoms with Crippen LogP contribution in [-0.2, 0) is 4.74 Å². The van der Waals surface area contributed by atoms with Gasteiger partial charge in [0.1, 0.15) is 0 Å². The van der Waals surface area contributed by atoms with E-state index in [0.29, 0.717) is 31.1 Å². The summed E-state index contributed by atoms with van der Waals surface area (Å²) in [5.74, 6) is 7.11. The minimum atomic E-state index is 0.150. The van der Waals surface area contributed by atoms with E-state index in [-0.39, 0.29) is 5.41 Å². The number of morpholine rings is 1. The van der Waals surface area contributed by atoms with Crippen LogP contribution in [0.15, 0.2) is 0 Å². The van der Waals surface area contributed by atoms with Gasteiger partial charge in [0, 0.05) is 26.7 Å². The second-order valence-electron chi connectivity index (χ2n) is 6.42. The molecule has 1 aromatic rings. The zero-order valence-electron chi connectivity index (χ0n) is 13.3. The van der Waals surface area contributed by atoms with Crippen molar-refractivity contribution < 1.29 is 4.74 Å². The Hall–Kier alpha value is -1.67. The summed E-state index contributed by atoms with van der Waals surface area (Å²) in [6.07, 6.45) is 0. The maximum absolute atomic E-state index is 5.48. The summed E-state index contributed by atoms with van der Waals surface area (Å²) in [4.78, 5) is 17.4. The lowest BCUT2D eigenvalue weighted by Crippen LogP contribution is -2.38. The second-order valence-corrected chi connectivity index (χ2v) is 6.42. The zero-order chi connectivity index (χ0) is 15.5. The first-order valence-electron chi connectivity index (χ1n) is 7.15. The molecule has 1 fully saturated rings. The lowest BCUT2D eigenvalue weighted by atomic mass is 9.96. The van der Waals surface area contributed by atoms with Gasteiger partial charge in [0.2, 0.25) is 17.8 Å². The van der Waals surface area contributed by atoms with Gasteiger partial charge in [-0.15, -0.1) is 0 Å². The summed E-state index contributed by atoms with van der Waals surface area (Å²) >= 11 is 0. The van der Waals surface area contributed by atoms with E-state index in [4.69, 9.17) is 10.6 Å². The maximum atomic E-state index is 5.48. The van der Waals surface area contributed by atoms with Gasteiger partial charge in [0.05, 0.1) is 13.2 Å². The predicted octanol–water partition coefficient (Wildman–Crippen LogP) is 0.476. The highest BCUT2D eigenvalue weighted by molar-refractivity contribution is 5.44. The van der Waals surface area contributed by atoms with Crippen LogP contribution < -0.4 is 21.1 Å². The van der Waals surface area contributed by atoms with Crippen LogP contribution in [-0.4, -0.2) is 54.8 Å². The monoisotopic (exact) mass is 295 g/mol. The van der Waals surface area contributed by atoms with E-state index < -0.39 is 0 Å². The molecule has 0 unspecified atom stereocenters. The Kier molecular flexibility index (Phi) is 4.79. The average molecular weight is 295 g/mol. The number of nitrogen functional groups attached to an aromatic ring is 1. The number of ether oxygens (including phenoxy) is 1. The predicted molar refractivity (Wildman–Crippen MR) is 83.4 cm³/mol. The standard InChI is InChI=1S/C13H25N7O/c1-13(2,3)9-19(4)11-15-10(18-14)16-12(17-11)20-5-7-21-8-6-20/h5-9,14H2,1-4H3,(H,15,16,17,18). The highest BCUT2D eigenvalue weighted by Gasteiger charge is 2.20. The molecule has 1 aromatic heterocycles. The molecule has 2 rings (SSSR count). The second kappa shape index (κ2) is 6.40. The third-order valence-corrected chi connectivity index (χ3v) is 3.09. The number of rotatable bonds is 4. The Morgan fingerprint density at radius 2 is 1.90 bits per heavy atom. The van der Waals surface area contributed by atoms with Crippen molar-refractivity contribution in [2.24, 2.45) is 11.3 Å². The molecular weight excluding hydrogens is 270 g/mol. The lowest BCUT2D eigenvalue weighted by Gasteiger charge is -2.29. The number of anilines is 3. The zero-order valence-corrected chi connectivity index (χ0v) is 13.3. The summed E-state index contributed by atoms with van der Waals surface area (Å²) in [5.41, 5.74) is 2.67. The van der Waals surface area contributed by atoms with Gasteiger partial charge in [-0.3, -0.25) is 5.43 Å². The fourth-order valence-corrected chi connectivity index (χ4v) is 2.28. The van der Waals surface area contributed by atoms with E-state index in [1.54, 1.807) is 0 Å². The van der Waals surface area contributed by atoms with Crippen molar-refractivity contribution in [3.63, 3.8) is 0 Å². The number of hydrazine groups is 1. The fourth-order valence-electron chi connectivity index (χ4n) is 2.28. The van der Waals surface area contributed by atoms with Crippen LogP contribution in [0.5, 0.6) is 0 Å². The molecule has 118 valence electrons. The van der Waals surface area contributed by atoms with E-state index in [9.17, 15) is 0 Å². The van der Waals surface area contributed by atoms with Gasteiger partial charge < -0.3 is 14.5 Å². The minimum absolute atomic E-state index is 0.150. The number of nitrogens with two attached hydrogens (primary N) is 1. The smallest absolute Gasteiger partial charge is 0.243 e. The summed E-state index contributed by atoms with van der Waals surface area (Å²) in [5, 5.41) is 0. The number of hydrogen-bond donors (Lipinski definition) is 2. The van der Waals surface area contributed by atoms with Gasteiger partial charge >= 0.3 is 0 Å². The number of nitrogens with one attached hydrogen (secondary N) is 1. The lowest BCUT2D eigenvalue weighted by molar-refractivity contribution is 0.122. The van der Waals surface area contributed by atoms with E-state index in [0.717, 1.165) is 19.6 Å². The molecule has 8 nitrogen and oxygen atoms in total. The molecule has 1 saturated heterocycles. The van der Waals surface area contributed by atoms with Crippen LogP contribution in [0, 0.1) is 5.41 Å². The SMILES string of the molecule is CN(CC(C)(C)C)c1nc(NN)nc(N2CCOCC2)n1. The van der Waals surface area contributed by atoms with Crippen LogP contribution in [0.1, 0.15) is 20.8 Å². The van der Waals surface area contributed by atoms with Gasteiger partial charge in [-0.1, -0.05) is 20.8 Å². The average Bonchev–Trinajstić information content (AvgIpc) is 2.46. The van der Waals surface area contributed by atoms with Crippen LogP contribution >= 0.6 is 0 Å². The van der Waals surface area contributed by atoms with Crippen LogP contribution in [0.2, 0.25) is 0 Å². The molecule has 21 heavy (non-hydrogen) atoms. The van der Waals surface area contributed by atoms with Crippen molar-refractivity contribution in [3.05, 3.63) is 0 Å². The molecule has 0 amide bonds. The number of nitrogens with zero attached hydrogens (tertiary/aromatic N) is 5. The summed E-state index contributed by atoms with van der Waals surface area (Å²) in [6, 6.07) is 0. The van der Waals surface area contributed by atoms with Crippen LogP contribution in [0.3, 0.4) is 0 Å². The van der Waals surface area contributed by atoms with Gasteiger partial charge in [-0.05, 0) is 5.41 Å². The topological polar surface area (TPSA) is 92.4 Å². The first kappa shape index (κ1) is 15.7. The fraction of sp³-hybridized carbons (Fsp3) is 0.769. The van der Waals surface area contributed by atoms with Crippen molar-refractivity contribution in [2.45, 2.75) is 20.8 Å². The van der Waals surface area contributed by atoms with Crippen molar-refractivity contribution in [1.82, 2.24) is 15.0 Å². The highest BCUT2D eigenvalue weighted by atomic mass is 16.5. The first-order chi connectivity index (χ1) is 9.89. The van der Waals surface area contributed by atoms with Gasteiger partial charge in [0.25, 0.3) is 0 Å². The molecular formula is C13H25N7O. The third kappa shape index (κ3) is 4.40. The largest absolute Gasteiger partial charge is 0.378 e. The number of aromatic nitrogens is 3. The molecule has 0 spiro atoms. The van der Waals surface area contributed by atoms with E-state index in [1.807, 2.05) is 11.9 Å². The summed E-state index contributed by atoms with van der Waals surface area (Å²) in [6.45, 7) is 10.3. The van der Waals surface area contributed by atoms with Crippen molar-refractivity contribution in [3.8, 4) is 0 Å². The molecule has 0 bridgehead atoms. The molecule has 0 saturated carbocycles. The van der Waals surface area contributed by atoms with Crippen LogP contribution in [0.4, 0.5) is 17.8 Å². The normalized spacial score (nSPS) is 16.0. The third-order valence-electron chi connectivity index (χ3n) is 3.09. The molecule has 2 heterocycles. The Morgan fingerprint density at radius 3 is 2.48 bits per heavy atom. The van der Waals surface area contributed by atoms with Gasteiger partial charge in [0.15, 0.2) is 0 Å². The molecule has 8 heteroatoms. The first-order valence-corrected chi connectivity index (χ1v) is 7.15. The highest BCUT2D eigenvalue weighted by Crippen LogP contribution is 2.20. The molecule has 3 N–H and O–H groups in total. The molecule has 0 aromatic carbocycles. The quantitative estimate of drug-likeness (QED) is 0.612.